The molecule has 2 N–H and O–H groups in total. The van der Waals surface area contributed by atoms with E-state index in [0.29, 0.717) is 17.8 Å². The number of nitro groups is 1. The van der Waals surface area contributed by atoms with Crippen LogP contribution in [0.5, 0.6) is 0 Å². The van der Waals surface area contributed by atoms with Crippen molar-refractivity contribution in [3.05, 3.63) is 58.4 Å². The molecule has 1 aromatic heterocycles. The Kier molecular flexibility index (Phi) is 4.44. The number of carbonyl (C=O) groups is 1. The highest BCUT2D eigenvalue weighted by Gasteiger charge is 2.38. The van der Waals surface area contributed by atoms with Gasteiger partial charge in [-0.3, -0.25) is 15.1 Å². The number of amides is 2. The fourth-order valence-electron chi connectivity index (χ4n) is 1.73. The summed E-state index contributed by atoms with van der Waals surface area (Å²) >= 11 is 0. The van der Waals surface area contributed by atoms with Crippen LogP contribution in [0.25, 0.3) is 0 Å². The van der Waals surface area contributed by atoms with E-state index in [1.54, 1.807) is 6.07 Å². The molecule has 0 fully saturated rings. The lowest BCUT2D eigenvalue weighted by Crippen LogP contribution is -2.20. The fourth-order valence-corrected chi connectivity index (χ4v) is 1.73. The molecule has 0 spiro atoms. The van der Waals surface area contributed by atoms with Crippen LogP contribution >= 0.6 is 0 Å². The zero-order chi connectivity index (χ0) is 17.0. The molecular weight excluding hydrogens is 317 g/mol. The lowest BCUT2D eigenvalue weighted by molar-refractivity contribution is -0.388. The molecule has 0 aliphatic rings. The number of pyridine rings is 1. The maximum absolute atomic E-state index is 12.8. The summed E-state index contributed by atoms with van der Waals surface area (Å²) in [6, 6.07) is 4.48. The Morgan fingerprint density at radius 3 is 2.43 bits per heavy atom. The fraction of sp³-hybridized carbons (Fsp3) is 0.0769. The predicted molar refractivity (Wildman–Crippen MR) is 75.0 cm³/mol. The van der Waals surface area contributed by atoms with Gasteiger partial charge >= 0.3 is 12.2 Å². The molecule has 1 aromatic carbocycles. The van der Waals surface area contributed by atoms with Crippen LogP contribution < -0.4 is 10.6 Å². The van der Waals surface area contributed by atoms with E-state index in [1.807, 2.05) is 0 Å². The van der Waals surface area contributed by atoms with Crippen molar-refractivity contribution in [2.45, 2.75) is 6.18 Å². The number of urea groups is 1. The first-order chi connectivity index (χ1) is 10.8. The van der Waals surface area contributed by atoms with Crippen LogP contribution in [0, 0.1) is 10.1 Å². The number of benzene rings is 1. The summed E-state index contributed by atoms with van der Waals surface area (Å²) in [5.41, 5.74) is -2.43. The number of hydrogen-bond acceptors (Lipinski definition) is 4. The van der Waals surface area contributed by atoms with E-state index >= 15 is 0 Å². The summed E-state index contributed by atoms with van der Waals surface area (Å²) in [6.45, 7) is 0. The first-order valence-corrected chi connectivity index (χ1v) is 6.11. The topological polar surface area (TPSA) is 97.2 Å². The van der Waals surface area contributed by atoms with E-state index in [1.165, 1.54) is 18.5 Å². The SMILES string of the molecule is O=C(Nc1cccnc1)Nc1ccc([N+](=O)[O-])c(C(F)(F)F)c1. The second-order valence-electron chi connectivity index (χ2n) is 4.31. The third-order valence-electron chi connectivity index (χ3n) is 2.68. The first-order valence-electron chi connectivity index (χ1n) is 6.11. The minimum atomic E-state index is -4.92. The summed E-state index contributed by atoms with van der Waals surface area (Å²) in [4.78, 5) is 25.0. The van der Waals surface area contributed by atoms with Crippen LogP contribution in [0.4, 0.5) is 35.0 Å². The highest BCUT2D eigenvalue weighted by molar-refractivity contribution is 5.99. The first kappa shape index (κ1) is 16.2. The van der Waals surface area contributed by atoms with Crippen LogP contribution in [0.15, 0.2) is 42.7 Å². The normalized spacial score (nSPS) is 10.9. The summed E-state index contributed by atoms with van der Waals surface area (Å²) in [6.07, 6.45) is -2.09. The Balaban J connectivity index is 2.20. The van der Waals surface area contributed by atoms with Gasteiger partial charge in [0.05, 0.1) is 16.8 Å². The summed E-state index contributed by atoms with van der Waals surface area (Å²) in [5.74, 6) is 0. The predicted octanol–water partition coefficient (Wildman–Crippen LogP) is 3.65. The van der Waals surface area contributed by atoms with Gasteiger partial charge in [-0.15, -0.1) is 0 Å². The average molecular weight is 326 g/mol. The molecule has 1 heterocycles. The van der Waals surface area contributed by atoms with Crippen molar-refractivity contribution in [3.63, 3.8) is 0 Å². The lowest BCUT2D eigenvalue weighted by Gasteiger charge is -2.11. The Morgan fingerprint density at radius 1 is 1.17 bits per heavy atom. The number of aromatic nitrogens is 1. The van der Waals surface area contributed by atoms with E-state index in [2.05, 4.69) is 15.6 Å². The smallest absolute Gasteiger partial charge is 0.308 e. The van der Waals surface area contributed by atoms with Gasteiger partial charge in [0.15, 0.2) is 0 Å². The molecule has 23 heavy (non-hydrogen) atoms. The molecular formula is C13H9F3N4O3. The van der Waals surface area contributed by atoms with Gasteiger partial charge in [0.1, 0.15) is 5.56 Å². The van der Waals surface area contributed by atoms with E-state index in [-0.39, 0.29) is 5.69 Å². The molecule has 10 heteroatoms. The molecule has 0 saturated carbocycles. The number of nitrogens with one attached hydrogen (secondary N) is 2. The van der Waals surface area contributed by atoms with Gasteiger partial charge in [0.2, 0.25) is 0 Å². The molecule has 0 radical (unpaired) electrons. The molecule has 0 bridgehead atoms. The number of hydrogen-bond donors (Lipinski definition) is 2. The Morgan fingerprint density at radius 2 is 1.87 bits per heavy atom. The van der Waals surface area contributed by atoms with E-state index in [9.17, 15) is 28.1 Å². The number of nitro benzene ring substituents is 1. The van der Waals surface area contributed by atoms with Gasteiger partial charge in [-0.1, -0.05) is 0 Å². The zero-order valence-corrected chi connectivity index (χ0v) is 11.3. The second kappa shape index (κ2) is 6.30. The highest BCUT2D eigenvalue weighted by Crippen LogP contribution is 2.37. The van der Waals surface area contributed by atoms with Crippen LogP contribution in [0.3, 0.4) is 0 Å². The molecule has 0 saturated heterocycles. The maximum atomic E-state index is 12.8. The monoisotopic (exact) mass is 326 g/mol. The van der Waals surface area contributed by atoms with Crippen molar-refractivity contribution in [3.8, 4) is 0 Å². The quantitative estimate of drug-likeness (QED) is 0.664. The zero-order valence-electron chi connectivity index (χ0n) is 11.3. The van der Waals surface area contributed by atoms with Crippen LogP contribution in [-0.4, -0.2) is 15.9 Å². The van der Waals surface area contributed by atoms with Crippen molar-refractivity contribution in [1.82, 2.24) is 4.98 Å². The van der Waals surface area contributed by atoms with Crippen LogP contribution in [-0.2, 0) is 6.18 Å². The van der Waals surface area contributed by atoms with Gasteiger partial charge < -0.3 is 10.6 Å². The molecule has 0 aliphatic carbocycles. The molecule has 0 atom stereocenters. The minimum Gasteiger partial charge on any atom is -0.308 e. The molecule has 0 aliphatic heterocycles. The molecule has 120 valence electrons. The molecule has 7 nitrogen and oxygen atoms in total. The third kappa shape index (κ3) is 4.15. The Bertz CT molecular complexity index is 735. The third-order valence-corrected chi connectivity index (χ3v) is 2.68. The minimum absolute atomic E-state index is 0.232. The lowest BCUT2D eigenvalue weighted by atomic mass is 10.1. The molecule has 2 amide bonds. The number of nitrogens with zero attached hydrogens (tertiary/aromatic N) is 2. The number of carbonyl (C=O) groups excluding carboxylic acids is 1. The van der Waals surface area contributed by atoms with Gasteiger partial charge in [0, 0.05) is 18.0 Å². The van der Waals surface area contributed by atoms with E-state index < -0.39 is 28.4 Å². The van der Waals surface area contributed by atoms with Crippen molar-refractivity contribution < 1.29 is 22.9 Å². The van der Waals surface area contributed by atoms with Crippen LogP contribution in [0.2, 0.25) is 0 Å². The van der Waals surface area contributed by atoms with Crippen molar-refractivity contribution in [2.75, 3.05) is 10.6 Å². The van der Waals surface area contributed by atoms with Gasteiger partial charge in [-0.2, -0.15) is 13.2 Å². The van der Waals surface area contributed by atoms with Gasteiger partial charge in [0.25, 0.3) is 5.69 Å². The van der Waals surface area contributed by atoms with E-state index in [4.69, 9.17) is 0 Å². The molecule has 0 unspecified atom stereocenters. The second-order valence-corrected chi connectivity index (χ2v) is 4.31. The number of alkyl halides is 3. The summed E-state index contributed by atoms with van der Waals surface area (Å²) in [7, 11) is 0. The van der Waals surface area contributed by atoms with Crippen LogP contribution in [0.1, 0.15) is 5.56 Å². The Hall–Kier alpha value is -3.17. The Labute approximate surface area is 127 Å². The largest absolute Gasteiger partial charge is 0.423 e. The van der Waals surface area contributed by atoms with Crippen molar-refractivity contribution in [1.29, 1.82) is 0 Å². The summed E-state index contributed by atoms with van der Waals surface area (Å²) in [5, 5.41) is 15.2. The number of rotatable bonds is 3. The molecule has 2 aromatic rings. The standard InChI is InChI=1S/C13H9F3N4O3/c14-13(15,16)10-6-8(3-4-11(10)20(22)23)18-12(21)19-9-2-1-5-17-7-9/h1-7H,(H2,18,19,21). The number of halogens is 3. The van der Waals surface area contributed by atoms with Gasteiger partial charge in [-0.25, -0.2) is 4.79 Å². The molecule has 2 rings (SSSR count). The van der Waals surface area contributed by atoms with Crippen molar-refractivity contribution in [2.24, 2.45) is 0 Å². The average Bonchev–Trinajstić information content (AvgIpc) is 2.47. The van der Waals surface area contributed by atoms with Gasteiger partial charge in [-0.05, 0) is 24.3 Å². The highest BCUT2D eigenvalue weighted by atomic mass is 19.4. The van der Waals surface area contributed by atoms with Crippen molar-refractivity contribution >= 4 is 23.1 Å². The van der Waals surface area contributed by atoms with E-state index in [0.717, 1.165) is 6.07 Å². The summed E-state index contributed by atoms with van der Waals surface area (Å²) < 4.78 is 38.5. The number of anilines is 2. The maximum Gasteiger partial charge on any atom is 0.423 e.